The second kappa shape index (κ2) is 6.29. The van der Waals surface area contributed by atoms with Crippen molar-refractivity contribution in [1.82, 2.24) is 5.32 Å². The van der Waals surface area contributed by atoms with Crippen LogP contribution in [0.25, 0.3) is 0 Å². The van der Waals surface area contributed by atoms with E-state index in [1.54, 1.807) is 0 Å². The number of nitrogens with one attached hydrogen (secondary N) is 1. The molecule has 0 aliphatic rings. The molecule has 2 heteroatoms. The van der Waals surface area contributed by atoms with Crippen molar-refractivity contribution in [2.45, 2.75) is 45.7 Å². The number of hydrogen-bond donors (Lipinski definition) is 1. The molecule has 0 radical (unpaired) electrons. The Morgan fingerprint density at radius 3 is 2.53 bits per heavy atom. The maximum Gasteiger partial charge on any atom is 0.0305 e. The van der Waals surface area contributed by atoms with Crippen LogP contribution in [0.3, 0.4) is 0 Å². The summed E-state index contributed by atoms with van der Waals surface area (Å²) in [6.45, 7) is 6.68. The number of benzene rings is 1. The number of hydrogen-bond acceptors (Lipinski definition) is 1. The van der Waals surface area contributed by atoms with Crippen molar-refractivity contribution in [1.29, 1.82) is 0 Å². The lowest BCUT2D eigenvalue weighted by atomic mass is 10.1. The van der Waals surface area contributed by atoms with Gasteiger partial charge in [0.1, 0.15) is 0 Å². The lowest BCUT2D eigenvalue weighted by Gasteiger charge is -2.20. The third-order valence-electron chi connectivity index (χ3n) is 2.63. The highest BCUT2D eigenvalue weighted by Gasteiger charge is 2.10. The van der Waals surface area contributed by atoms with E-state index in [1.165, 1.54) is 22.9 Å². The first kappa shape index (κ1) is 12.7. The Labute approximate surface area is 101 Å². The molecule has 0 heterocycles. The molecule has 1 aromatic rings. The van der Waals surface area contributed by atoms with Crippen molar-refractivity contribution >= 4 is 15.9 Å². The Morgan fingerprint density at radius 2 is 1.93 bits per heavy atom. The Balaban J connectivity index is 2.61. The molecule has 84 valence electrons. The standard InChI is InChI=1S/C13H20BrN/c1-4-7-10(2)15-11(3)12-8-5-6-9-13(12)14/h5-6,8-11,15H,4,7H2,1-3H3. The first-order valence-electron chi connectivity index (χ1n) is 5.65. The molecule has 2 unspecified atom stereocenters. The Kier molecular flexibility index (Phi) is 5.34. The van der Waals surface area contributed by atoms with E-state index in [9.17, 15) is 0 Å². The number of halogens is 1. The molecule has 1 nitrogen and oxygen atoms in total. The van der Waals surface area contributed by atoms with E-state index in [1.807, 2.05) is 0 Å². The molecule has 0 aromatic heterocycles. The van der Waals surface area contributed by atoms with Crippen LogP contribution < -0.4 is 5.32 Å². The minimum Gasteiger partial charge on any atom is -0.308 e. The summed E-state index contributed by atoms with van der Waals surface area (Å²) < 4.78 is 1.19. The van der Waals surface area contributed by atoms with Gasteiger partial charge >= 0.3 is 0 Å². The van der Waals surface area contributed by atoms with E-state index in [0.29, 0.717) is 12.1 Å². The van der Waals surface area contributed by atoms with Crippen molar-refractivity contribution in [3.63, 3.8) is 0 Å². The molecule has 1 N–H and O–H groups in total. The molecule has 0 fully saturated rings. The highest BCUT2D eigenvalue weighted by atomic mass is 79.9. The topological polar surface area (TPSA) is 12.0 Å². The summed E-state index contributed by atoms with van der Waals surface area (Å²) in [6.07, 6.45) is 2.46. The van der Waals surface area contributed by atoms with Crippen molar-refractivity contribution in [3.8, 4) is 0 Å². The van der Waals surface area contributed by atoms with Crippen LogP contribution in [0.2, 0.25) is 0 Å². The van der Waals surface area contributed by atoms with Gasteiger partial charge in [0, 0.05) is 16.6 Å². The monoisotopic (exact) mass is 269 g/mol. The van der Waals surface area contributed by atoms with Gasteiger partial charge in [-0.25, -0.2) is 0 Å². The van der Waals surface area contributed by atoms with Gasteiger partial charge in [-0.15, -0.1) is 0 Å². The van der Waals surface area contributed by atoms with Crippen LogP contribution in [0.5, 0.6) is 0 Å². The summed E-state index contributed by atoms with van der Waals surface area (Å²) in [5.41, 5.74) is 1.33. The summed E-state index contributed by atoms with van der Waals surface area (Å²) in [6, 6.07) is 9.39. The second-order valence-corrected chi connectivity index (χ2v) is 4.95. The molecule has 0 aliphatic heterocycles. The third-order valence-corrected chi connectivity index (χ3v) is 3.35. The summed E-state index contributed by atoms with van der Waals surface area (Å²) in [7, 11) is 0. The minimum absolute atomic E-state index is 0.405. The van der Waals surface area contributed by atoms with E-state index >= 15 is 0 Å². The fraction of sp³-hybridized carbons (Fsp3) is 0.538. The lowest BCUT2D eigenvalue weighted by molar-refractivity contribution is 0.452. The summed E-state index contributed by atoms with van der Waals surface area (Å²) in [5.74, 6) is 0. The molecule has 1 rings (SSSR count). The summed E-state index contributed by atoms with van der Waals surface area (Å²) in [5, 5.41) is 3.61. The molecule has 0 bridgehead atoms. The Hall–Kier alpha value is -0.340. The van der Waals surface area contributed by atoms with Crippen LogP contribution in [0.4, 0.5) is 0 Å². The van der Waals surface area contributed by atoms with Gasteiger partial charge in [0.25, 0.3) is 0 Å². The maximum absolute atomic E-state index is 3.61. The van der Waals surface area contributed by atoms with Gasteiger partial charge in [-0.05, 0) is 31.9 Å². The van der Waals surface area contributed by atoms with Crippen LogP contribution in [-0.4, -0.2) is 6.04 Å². The lowest BCUT2D eigenvalue weighted by Crippen LogP contribution is -2.28. The SMILES string of the molecule is CCCC(C)NC(C)c1ccccc1Br. The molecule has 2 atom stereocenters. The van der Waals surface area contributed by atoms with Crippen LogP contribution in [0.1, 0.15) is 45.2 Å². The predicted molar refractivity (Wildman–Crippen MR) is 70.1 cm³/mol. The second-order valence-electron chi connectivity index (χ2n) is 4.10. The smallest absolute Gasteiger partial charge is 0.0305 e. The average Bonchev–Trinajstić information content (AvgIpc) is 2.18. The molecule has 0 aliphatic carbocycles. The van der Waals surface area contributed by atoms with Crippen LogP contribution >= 0.6 is 15.9 Å². The zero-order chi connectivity index (χ0) is 11.3. The highest BCUT2D eigenvalue weighted by molar-refractivity contribution is 9.10. The Bertz CT molecular complexity index is 298. The molecule has 15 heavy (non-hydrogen) atoms. The maximum atomic E-state index is 3.61. The fourth-order valence-electron chi connectivity index (χ4n) is 1.86. The van der Waals surface area contributed by atoms with Crippen molar-refractivity contribution in [2.75, 3.05) is 0 Å². The van der Waals surface area contributed by atoms with Gasteiger partial charge in [0.15, 0.2) is 0 Å². The molecular formula is C13H20BrN. The largest absolute Gasteiger partial charge is 0.308 e. The van der Waals surface area contributed by atoms with Gasteiger partial charge in [0.05, 0.1) is 0 Å². The fourth-order valence-corrected chi connectivity index (χ4v) is 2.49. The normalized spacial score (nSPS) is 14.9. The van der Waals surface area contributed by atoms with Crippen LogP contribution in [0.15, 0.2) is 28.7 Å². The Morgan fingerprint density at radius 1 is 1.27 bits per heavy atom. The summed E-state index contributed by atoms with van der Waals surface area (Å²) in [4.78, 5) is 0. The van der Waals surface area contributed by atoms with Crippen LogP contribution in [-0.2, 0) is 0 Å². The first-order chi connectivity index (χ1) is 7.15. The van der Waals surface area contributed by atoms with Crippen molar-refractivity contribution in [2.24, 2.45) is 0 Å². The molecule has 0 saturated carbocycles. The van der Waals surface area contributed by atoms with E-state index in [4.69, 9.17) is 0 Å². The van der Waals surface area contributed by atoms with E-state index < -0.39 is 0 Å². The molecule has 0 saturated heterocycles. The van der Waals surface area contributed by atoms with E-state index in [2.05, 4.69) is 66.3 Å². The number of rotatable bonds is 5. The zero-order valence-corrected chi connectivity index (χ0v) is 11.3. The molecule has 0 amide bonds. The van der Waals surface area contributed by atoms with Gasteiger partial charge in [-0.3, -0.25) is 0 Å². The third kappa shape index (κ3) is 3.96. The van der Waals surface area contributed by atoms with Gasteiger partial charge in [-0.2, -0.15) is 0 Å². The quantitative estimate of drug-likeness (QED) is 0.841. The summed E-state index contributed by atoms with van der Waals surface area (Å²) >= 11 is 3.59. The molecule has 0 spiro atoms. The van der Waals surface area contributed by atoms with Crippen LogP contribution in [0, 0.1) is 0 Å². The van der Waals surface area contributed by atoms with E-state index in [0.717, 1.165) is 0 Å². The van der Waals surface area contributed by atoms with Gasteiger partial charge in [0.2, 0.25) is 0 Å². The van der Waals surface area contributed by atoms with Gasteiger partial charge in [-0.1, -0.05) is 47.5 Å². The highest BCUT2D eigenvalue weighted by Crippen LogP contribution is 2.23. The van der Waals surface area contributed by atoms with Crippen molar-refractivity contribution < 1.29 is 0 Å². The molecule has 1 aromatic carbocycles. The minimum atomic E-state index is 0.405. The zero-order valence-electron chi connectivity index (χ0n) is 9.76. The van der Waals surface area contributed by atoms with E-state index in [-0.39, 0.29) is 0 Å². The first-order valence-corrected chi connectivity index (χ1v) is 6.45. The van der Waals surface area contributed by atoms with Crippen molar-refractivity contribution in [3.05, 3.63) is 34.3 Å². The van der Waals surface area contributed by atoms with Gasteiger partial charge < -0.3 is 5.32 Å². The average molecular weight is 270 g/mol. The molecular weight excluding hydrogens is 250 g/mol. The predicted octanol–water partition coefficient (Wildman–Crippen LogP) is 4.29.